The number of aromatic nitrogens is 2. The van der Waals surface area contributed by atoms with Crippen LogP contribution >= 0.6 is 22.7 Å². The van der Waals surface area contributed by atoms with Crippen LogP contribution in [0.15, 0.2) is 31.3 Å². The van der Waals surface area contributed by atoms with Crippen LogP contribution in [0.3, 0.4) is 0 Å². The lowest BCUT2D eigenvalue weighted by Gasteiger charge is -2.12. The summed E-state index contributed by atoms with van der Waals surface area (Å²) in [6.45, 7) is 3.67. The summed E-state index contributed by atoms with van der Waals surface area (Å²) >= 11 is 2.48. The molecule has 0 unspecified atom stereocenters. The first kappa shape index (κ1) is 28.6. The van der Waals surface area contributed by atoms with Gasteiger partial charge in [-0.2, -0.15) is 0 Å². The number of thiophene rings is 2. The van der Waals surface area contributed by atoms with Crippen molar-refractivity contribution in [2.24, 2.45) is 0 Å². The van der Waals surface area contributed by atoms with Crippen LogP contribution in [-0.2, 0) is 35.2 Å². The molecule has 4 aromatic heterocycles. The second-order valence-electron chi connectivity index (χ2n) is 11.1. The predicted octanol–water partition coefficient (Wildman–Crippen LogP) is 4.12. The minimum absolute atomic E-state index is 0.0194. The summed E-state index contributed by atoms with van der Waals surface area (Å²) in [5.74, 6) is -1.17. The molecular formula is C32H28N2O8S2. The maximum Gasteiger partial charge on any atom is 0.341 e. The van der Waals surface area contributed by atoms with Crippen LogP contribution in [0, 0.1) is 0 Å². The number of carbonyl (C=O) groups is 2. The van der Waals surface area contributed by atoms with Crippen molar-refractivity contribution in [1.29, 1.82) is 0 Å². The van der Waals surface area contributed by atoms with Crippen molar-refractivity contribution in [2.75, 3.05) is 13.2 Å². The van der Waals surface area contributed by atoms with Crippen molar-refractivity contribution in [2.45, 2.75) is 65.2 Å². The maximum absolute atomic E-state index is 13.8. The number of rotatable bonds is 6. The van der Waals surface area contributed by atoms with Crippen molar-refractivity contribution in [3.8, 4) is 10.0 Å². The predicted molar refractivity (Wildman–Crippen MR) is 169 cm³/mol. The highest BCUT2D eigenvalue weighted by atomic mass is 32.1. The molecule has 2 aliphatic carbocycles. The molecule has 2 aliphatic rings. The van der Waals surface area contributed by atoms with Gasteiger partial charge in [0.25, 0.3) is 22.2 Å². The molecule has 1 aromatic carbocycles. The van der Waals surface area contributed by atoms with E-state index >= 15 is 0 Å². The van der Waals surface area contributed by atoms with E-state index in [9.17, 15) is 28.8 Å². The minimum Gasteiger partial charge on any atom is -0.462 e. The number of aryl methyl sites for hydroxylation is 2. The second-order valence-corrected chi connectivity index (χ2v) is 13.2. The third-order valence-corrected chi connectivity index (χ3v) is 11.1. The number of fused-ring (bicyclic) bond motifs is 4. The molecule has 0 aliphatic heterocycles. The summed E-state index contributed by atoms with van der Waals surface area (Å²) in [5.41, 5.74) is -0.593. The van der Waals surface area contributed by atoms with E-state index in [0.717, 1.165) is 68.5 Å². The van der Waals surface area contributed by atoms with Crippen molar-refractivity contribution in [3.63, 3.8) is 0 Å². The van der Waals surface area contributed by atoms with Crippen molar-refractivity contribution in [3.05, 3.63) is 85.6 Å². The Morgan fingerprint density at radius 3 is 1.30 bits per heavy atom. The van der Waals surface area contributed by atoms with Crippen LogP contribution in [0.25, 0.3) is 31.5 Å². The van der Waals surface area contributed by atoms with Gasteiger partial charge < -0.3 is 9.47 Å². The van der Waals surface area contributed by atoms with Crippen LogP contribution in [0.4, 0.5) is 0 Å². The van der Waals surface area contributed by atoms with Crippen LogP contribution < -0.4 is 22.2 Å². The normalized spacial score (nSPS) is 14.6. The highest BCUT2D eigenvalue weighted by Crippen LogP contribution is 2.38. The van der Waals surface area contributed by atoms with E-state index in [1.54, 1.807) is 13.8 Å². The van der Waals surface area contributed by atoms with Gasteiger partial charge in [-0.15, -0.1) is 22.7 Å². The summed E-state index contributed by atoms with van der Waals surface area (Å²) in [5, 5.41) is 0.347. The molecule has 0 radical (unpaired) electrons. The Labute approximate surface area is 257 Å². The van der Waals surface area contributed by atoms with Gasteiger partial charge in [0.1, 0.15) is 10.0 Å². The van der Waals surface area contributed by atoms with E-state index < -0.39 is 34.2 Å². The molecule has 0 amide bonds. The molecule has 0 N–H and O–H groups in total. The third kappa shape index (κ3) is 4.11. The molecule has 10 nitrogen and oxygen atoms in total. The zero-order valence-corrected chi connectivity index (χ0v) is 25.8. The Morgan fingerprint density at radius 1 is 0.614 bits per heavy atom. The Hall–Kier alpha value is -4.16. The van der Waals surface area contributed by atoms with Crippen LogP contribution in [0.2, 0.25) is 0 Å². The van der Waals surface area contributed by atoms with E-state index in [-0.39, 0.29) is 55.9 Å². The average Bonchev–Trinajstić information content (AvgIpc) is 3.71. The lowest BCUT2D eigenvalue weighted by molar-refractivity contribution is 0.0515. The topological polar surface area (TPSA) is 131 Å². The SMILES string of the molecule is CCOC(=O)c1c(-n2c(=O)c3cc4c(=O)n(-c5sc6c(c5C(=O)OCC)CCCC6)c(=O)c4cc3c2=O)sc2c1CCCC2. The van der Waals surface area contributed by atoms with E-state index in [1.807, 2.05) is 0 Å². The van der Waals surface area contributed by atoms with Gasteiger partial charge in [0, 0.05) is 9.75 Å². The molecule has 44 heavy (non-hydrogen) atoms. The quantitative estimate of drug-likeness (QED) is 0.256. The Morgan fingerprint density at radius 2 is 0.955 bits per heavy atom. The fourth-order valence-corrected chi connectivity index (χ4v) is 9.33. The molecule has 7 rings (SSSR count). The summed E-state index contributed by atoms with van der Waals surface area (Å²) in [7, 11) is 0. The van der Waals surface area contributed by atoms with Gasteiger partial charge in [-0.25, -0.2) is 18.7 Å². The number of carbonyl (C=O) groups excluding carboxylic acids is 2. The molecule has 0 saturated heterocycles. The van der Waals surface area contributed by atoms with E-state index in [1.165, 1.54) is 34.8 Å². The smallest absolute Gasteiger partial charge is 0.341 e. The first-order valence-corrected chi connectivity index (χ1v) is 16.5. The summed E-state index contributed by atoms with van der Waals surface area (Å²) in [6.07, 6.45) is 6.43. The fraction of sp³-hybridized carbons (Fsp3) is 0.375. The maximum atomic E-state index is 13.8. The van der Waals surface area contributed by atoms with E-state index in [0.29, 0.717) is 12.8 Å². The van der Waals surface area contributed by atoms with Crippen molar-refractivity contribution in [1.82, 2.24) is 9.13 Å². The molecule has 0 atom stereocenters. The Bertz CT molecular complexity index is 2010. The highest BCUT2D eigenvalue weighted by Gasteiger charge is 2.32. The monoisotopic (exact) mass is 632 g/mol. The van der Waals surface area contributed by atoms with Gasteiger partial charge in [0.15, 0.2) is 0 Å². The van der Waals surface area contributed by atoms with Gasteiger partial charge in [0.2, 0.25) is 0 Å². The zero-order chi connectivity index (χ0) is 30.9. The third-order valence-electron chi connectivity index (χ3n) is 8.56. The van der Waals surface area contributed by atoms with Crippen LogP contribution in [0.1, 0.15) is 81.1 Å². The molecule has 0 saturated carbocycles. The molecular weight excluding hydrogens is 604 g/mol. The molecule has 5 aromatic rings. The van der Waals surface area contributed by atoms with Gasteiger partial charge in [-0.3, -0.25) is 19.2 Å². The highest BCUT2D eigenvalue weighted by molar-refractivity contribution is 7.15. The average molecular weight is 633 g/mol. The summed E-state index contributed by atoms with van der Waals surface area (Å²) in [4.78, 5) is 83.3. The van der Waals surface area contributed by atoms with Gasteiger partial charge in [-0.05, 0) is 88.5 Å². The minimum atomic E-state index is -0.672. The number of nitrogens with zero attached hydrogens (tertiary/aromatic N) is 2. The zero-order valence-electron chi connectivity index (χ0n) is 24.2. The second kappa shape index (κ2) is 10.8. The lowest BCUT2D eigenvalue weighted by Crippen LogP contribution is -2.25. The number of ether oxygens (including phenoxy) is 2. The fourth-order valence-electron chi connectivity index (χ4n) is 6.59. The molecule has 0 fully saturated rings. The summed E-state index contributed by atoms with van der Waals surface area (Å²) < 4.78 is 12.6. The number of esters is 2. The molecule has 226 valence electrons. The van der Waals surface area contributed by atoms with Crippen molar-refractivity contribution >= 4 is 56.2 Å². The number of benzene rings is 1. The van der Waals surface area contributed by atoms with Gasteiger partial charge in [0.05, 0.1) is 45.9 Å². The number of hydrogen-bond donors (Lipinski definition) is 0. The standard InChI is InChI=1S/C32H28N2O8S2/c1-3-41-31(39)23-15-9-5-7-11-21(15)43-29(23)33-25(35)17-13-19-20(14-18(17)26(33)36)28(38)34(27(19)37)30-24(32(40)42-4-2)16-10-6-8-12-22(16)44-30/h13-14H,3-12H2,1-2H3. The van der Waals surface area contributed by atoms with Gasteiger partial charge >= 0.3 is 11.9 Å². The van der Waals surface area contributed by atoms with E-state index in [4.69, 9.17) is 9.47 Å². The lowest BCUT2D eigenvalue weighted by atomic mass is 9.95. The molecule has 12 heteroatoms. The first-order chi connectivity index (χ1) is 21.3. The first-order valence-electron chi connectivity index (χ1n) is 14.9. The summed E-state index contributed by atoms with van der Waals surface area (Å²) in [6, 6.07) is 2.58. The van der Waals surface area contributed by atoms with E-state index in [2.05, 4.69) is 0 Å². The Kier molecular flexibility index (Phi) is 7.00. The van der Waals surface area contributed by atoms with Gasteiger partial charge in [-0.1, -0.05) is 0 Å². The van der Waals surface area contributed by atoms with Crippen LogP contribution in [-0.4, -0.2) is 34.3 Å². The Balaban J connectivity index is 1.46. The molecule has 4 heterocycles. The number of hydrogen-bond acceptors (Lipinski definition) is 10. The largest absolute Gasteiger partial charge is 0.462 e. The molecule has 0 spiro atoms. The van der Waals surface area contributed by atoms with Crippen molar-refractivity contribution < 1.29 is 19.1 Å². The molecule has 0 bridgehead atoms. The van der Waals surface area contributed by atoms with Crippen LogP contribution in [0.5, 0.6) is 0 Å².